The van der Waals surface area contributed by atoms with Crippen molar-refractivity contribution in [1.29, 1.82) is 5.26 Å². The number of thiazole rings is 1. The molecule has 7 nitrogen and oxygen atoms in total. The van der Waals surface area contributed by atoms with Gasteiger partial charge in [0.25, 0.3) is 5.56 Å². The van der Waals surface area contributed by atoms with E-state index in [2.05, 4.69) is 21.0 Å². The van der Waals surface area contributed by atoms with E-state index in [-0.39, 0.29) is 23.1 Å². The van der Waals surface area contributed by atoms with Crippen LogP contribution in [0.5, 0.6) is 5.75 Å². The third-order valence-electron chi connectivity index (χ3n) is 5.73. The Kier molecular flexibility index (Phi) is 7.39. The highest BCUT2D eigenvalue weighted by molar-refractivity contribution is 7.10. The lowest BCUT2D eigenvalue weighted by Gasteiger charge is -2.17. The second-order valence-electron chi connectivity index (χ2n) is 9.09. The van der Waals surface area contributed by atoms with Crippen molar-refractivity contribution in [2.24, 2.45) is 0 Å². The lowest BCUT2D eigenvalue weighted by molar-refractivity contribution is 0.292. The molecular formula is C26H22ClF2N5O2S. The minimum absolute atomic E-state index is 0.0572. The molecule has 4 aromatic rings. The predicted octanol–water partition coefficient (Wildman–Crippen LogP) is 6.07. The standard InChI is InChI=1S/C26H22ClF2N5O2S/c1-14-10-31-18(20-13-37-25(33-20)26(3,4)5-6-30)9-21(14)34-15(2)7-22(23(27)24(34)35)36-12-19-17(29)8-16(28)11-32-19/h7-11,13H,5,12H2,1-4H3. The Morgan fingerprint density at radius 3 is 2.62 bits per heavy atom. The van der Waals surface area contributed by atoms with Crippen LogP contribution in [0, 0.1) is 36.8 Å². The molecule has 0 aliphatic carbocycles. The van der Waals surface area contributed by atoms with Crippen molar-refractivity contribution < 1.29 is 13.5 Å². The lowest BCUT2D eigenvalue weighted by Crippen LogP contribution is -2.23. The third-order valence-corrected chi connectivity index (χ3v) is 7.29. The lowest BCUT2D eigenvalue weighted by atomic mass is 9.91. The molecule has 0 aliphatic heterocycles. The number of ether oxygens (including phenoxy) is 1. The van der Waals surface area contributed by atoms with Gasteiger partial charge in [-0.25, -0.2) is 13.8 Å². The number of nitrogens with zero attached hydrogens (tertiary/aromatic N) is 5. The van der Waals surface area contributed by atoms with Gasteiger partial charge in [0.15, 0.2) is 5.82 Å². The first-order valence-electron chi connectivity index (χ1n) is 11.2. The number of aryl methyl sites for hydroxylation is 2. The maximum absolute atomic E-state index is 13.9. The summed E-state index contributed by atoms with van der Waals surface area (Å²) in [6.07, 6.45) is 2.86. The van der Waals surface area contributed by atoms with Crippen LogP contribution < -0.4 is 10.3 Å². The predicted molar refractivity (Wildman–Crippen MR) is 137 cm³/mol. The Labute approximate surface area is 221 Å². The summed E-state index contributed by atoms with van der Waals surface area (Å²) in [4.78, 5) is 26.1. The summed E-state index contributed by atoms with van der Waals surface area (Å²) in [7, 11) is 0. The van der Waals surface area contributed by atoms with Crippen molar-refractivity contribution in [2.75, 3.05) is 0 Å². The van der Waals surface area contributed by atoms with Gasteiger partial charge in [-0.05, 0) is 25.5 Å². The summed E-state index contributed by atoms with van der Waals surface area (Å²) in [6.45, 7) is 7.12. The maximum Gasteiger partial charge on any atom is 0.277 e. The summed E-state index contributed by atoms with van der Waals surface area (Å²) < 4.78 is 34.0. The molecule has 4 aromatic heterocycles. The number of rotatable bonds is 7. The summed E-state index contributed by atoms with van der Waals surface area (Å²) in [6, 6.07) is 6.22. The van der Waals surface area contributed by atoms with E-state index in [1.54, 1.807) is 25.3 Å². The van der Waals surface area contributed by atoms with Crippen LogP contribution in [0.2, 0.25) is 5.02 Å². The molecule has 0 fully saturated rings. The first-order chi connectivity index (χ1) is 17.5. The summed E-state index contributed by atoms with van der Waals surface area (Å²) in [5.74, 6) is -1.60. The van der Waals surface area contributed by atoms with E-state index in [0.29, 0.717) is 35.3 Å². The number of pyridine rings is 3. The van der Waals surface area contributed by atoms with Crippen molar-refractivity contribution in [2.45, 2.75) is 46.1 Å². The van der Waals surface area contributed by atoms with Gasteiger partial charge in [0.2, 0.25) is 0 Å². The monoisotopic (exact) mass is 541 g/mol. The van der Waals surface area contributed by atoms with Gasteiger partial charge in [0, 0.05) is 41.2 Å². The smallest absolute Gasteiger partial charge is 0.277 e. The minimum Gasteiger partial charge on any atom is -0.485 e. The minimum atomic E-state index is -0.859. The van der Waals surface area contributed by atoms with Crippen molar-refractivity contribution in [3.63, 3.8) is 0 Å². The van der Waals surface area contributed by atoms with Crippen LogP contribution in [0.4, 0.5) is 8.78 Å². The molecule has 0 aliphatic rings. The van der Waals surface area contributed by atoms with Crippen molar-refractivity contribution in [1.82, 2.24) is 19.5 Å². The fourth-order valence-corrected chi connectivity index (χ4v) is 4.78. The highest BCUT2D eigenvalue weighted by Crippen LogP contribution is 2.33. The molecule has 190 valence electrons. The molecule has 0 atom stereocenters. The van der Waals surface area contributed by atoms with Crippen molar-refractivity contribution >= 4 is 22.9 Å². The van der Waals surface area contributed by atoms with Gasteiger partial charge in [-0.1, -0.05) is 25.4 Å². The Morgan fingerprint density at radius 1 is 1.16 bits per heavy atom. The topological polar surface area (TPSA) is 93.7 Å². The first kappa shape index (κ1) is 26.4. The highest BCUT2D eigenvalue weighted by Gasteiger charge is 2.25. The average molecular weight is 542 g/mol. The molecule has 4 rings (SSSR count). The van der Waals surface area contributed by atoms with E-state index in [1.807, 2.05) is 26.2 Å². The Hall–Kier alpha value is -3.68. The molecule has 4 heterocycles. The van der Waals surface area contributed by atoms with Crippen LogP contribution in [0.25, 0.3) is 17.1 Å². The van der Waals surface area contributed by atoms with Crippen molar-refractivity contribution in [3.8, 4) is 28.9 Å². The molecule has 11 heteroatoms. The second kappa shape index (κ2) is 10.4. The van der Waals surface area contributed by atoms with Gasteiger partial charge in [-0.2, -0.15) is 5.26 Å². The molecule has 0 unspecified atom stereocenters. The fourth-order valence-electron chi connectivity index (χ4n) is 3.65. The van der Waals surface area contributed by atoms with E-state index in [9.17, 15) is 13.6 Å². The van der Waals surface area contributed by atoms with Crippen LogP contribution >= 0.6 is 22.9 Å². The Bertz CT molecular complexity index is 1590. The fraction of sp³-hybridized carbons (Fsp3) is 0.269. The van der Waals surface area contributed by atoms with Crippen LogP contribution in [-0.2, 0) is 12.0 Å². The first-order valence-corrected chi connectivity index (χ1v) is 12.4. The van der Waals surface area contributed by atoms with E-state index < -0.39 is 22.6 Å². The second-order valence-corrected chi connectivity index (χ2v) is 10.3. The van der Waals surface area contributed by atoms with Gasteiger partial charge < -0.3 is 4.74 Å². The zero-order chi connectivity index (χ0) is 26.9. The molecular weight excluding hydrogens is 520 g/mol. The molecule has 0 bridgehead atoms. The molecule has 37 heavy (non-hydrogen) atoms. The quantitative estimate of drug-likeness (QED) is 0.282. The van der Waals surface area contributed by atoms with Crippen LogP contribution in [0.15, 0.2) is 40.8 Å². The van der Waals surface area contributed by atoms with Crippen molar-refractivity contribution in [3.05, 3.63) is 84.9 Å². The SMILES string of the molecule is Cc1cnc(-c2csc(C(C)(C)CC#N)n2)cc1-n1c(C)cc(OCc2ncc(F)cc2F)c(Cl)c1=O. The highest BCUT2D eigenvalue weighted by atomic mass is 35.5. The zero-order valence-electron chi connectivity index (χ0n) is 20.5. The van der Waals surface area contributed by atoms with Crippen LogP contribution in [0.3, 0.4) is 0 Å². The normalized spacial score (nSPS) is 11.4. The third kappa shape index (κ3) is 5.38. The van der Waals surface area contributed by atoms with Gasteiger partial charge in [0.1, 0.15) is 28.9 Å². The Balaban J connectivity index is 1.69. The molecule has 0 aromatic carbocycles. The van der Waals surface area contributed by atoms with Gasteiger partial charge in [-0.15, -0.1) is 11.3 Å². The summed E-state index contributed by atoms with van der Waals surface area (Å²) in [5.41, 5.74) is 1.98. The number of nitriles is 1. The van der Waals surface area contributed by atoms with Crippen LogP contribution in [-0.4, -0.2) is 19.5 Å². The Morgan fingerprint density at radius 2 is 1.92 bits per heavy atom. The largest absolute Gasteiger partial charge is 0.485 e. The molecule has 0 saturated heterocycles. The maximum atomic E-state index is 13.9. The van der Waals surface area contributed by atoms with Crippen LogP contribution in [0.1, 0.15) is 42.2 Å². The molecule has 0 amide bonds. The number of halogens is 3. The average Bonchev–Trinajstić information content (AvgIpc) is 3.34. The molecule has 0 radical (unpaired) electrons. The van der Waals surface area contributed by atoms with E-state index >= 15 is 0 Å². The summed E-state index contributed by atoms with van der Waals surface area (Å²) >= 11 is 7.81. The van der Waals surface area contributed by atoms with E-state index in [1.165, 1.54) is 15.9 Å². The summed E-state index contributed by atoms with van der Waals surface area (Å²) in [5, 5.41) is 11.6. The number of hydrogen-bond acceptors (Lipinski definition) is 7. The number of aromatic nitrogens is 4. The zero-order valence-corrected chi connectivity index (χ0v) is 22.0. The van der Waals surface area contributed by atoms with Gasteiger partial charge >= 0.3 is 0 Å². The molecule has 0 N–H and O–H groups in total. The van der Waals surface area contributed by atoms with E-state index in [4.69, 9.17) is 21.6 Å². The van der Waals surface area contributed by atoms with E-state index in [0.717, 1.165) is 16.8 Å². The van der Waals surface area contributed by atoms with Gasteiger partial charge in [-0.3, -0.25) is 19.3 Å². The van der Waals surface area contributed by atoms with Gasteiger partial charge in [0.05, 0.1) is 34.3 Å². The molecule has 0 spiro atoms. The number of hydrogen-bond donors (Lipinski definition) is 0. The molecule has 0 saturated carbocycles.